The molecule has 2 unspecified atom stereocenters. The molecule has 3 heterocycles. The third-order valence-electron chi connectivity index (χ3n) is 4.73. The van der Waals surface area contributed by atoms with Crippen molar-refractivity contribution < 1.29 is 4.79 Å². The van der Waals surface area contributed by atoms with Crippen molar-refractivity contribution in [3.63, 3.8) is 0 Å². The molecule has 0 radical (unpaired) electrons. The zero-order chi connectivity index (χ0) is 14.9. The monoisotopic (exact) mass is 313 g/mol. The number of carbonyl (C=O) groups is 1. The fraction of sp³-hybridized carbons (Fsp3) is 0.412. The Morgan fingerprint density at radius 2 is 1.86 bits per heavy atom. The van der Waals surface area contributed by atoms with E-state index in [-0.39, 0.29) is 5.91 Å². The van der Waals surface area contributed by atoms with Gasteiger partial charge < -0.3 is 10.2 Å². The van der Waals surface area contributed by atoms with Gasteiger partial charge in [-0.25, -0.2) is 4.98 Å². The van der Waals surface area contributed by atoms with Gasteiger partial charge in [-0.2, -0.15) is 0 Å². The highest BCUT2D eigenvalue weighted by atomic mass is 32.1. The molecule has 114 valence electrons. The molecule has 4 nitrogen and oxygen atoms in total. The largest absolute Gasteiger partial charge is 0.345 e. The van der Waals surface area contributed by atoms with Gasteiger partial charge in [-0.3, -0.25) is 4.79 Å². The van der Waals surface area contributed by atoms with Crippen LogP contribution in [0, 0.1) is 0 Å². The van der Waals surface area contributed by atoms with Gasteiger partial charge in [0.15, 0.2) is 5.69 Å². The minimum Gasteiger partial charge on any atom is -0.345 e. The lowest BCUT2D eigenvalue weighted by Gasteiger charge is -2.34. The number of aromatic nitrogens is 1. The summed E-state index contributed by atoms with van der Waals surface area (Å²) in [5, 5.41) is 4.18. The molecule has 2 saturated heterocycles. The van der Waals surface area contributed by atoms with E-state index in [1.165, 1.54) is 17.8 Å². The standard InChI is InChI=1S/C17H19N3OS/c21-17(20-13-7-4-8-14(20)10-9-13)15-16(22-11-18-15)19-12-5-2-1-3-6-12/h1-3,5-6,11,13-14,19H,4,7-10H2. The smallest absolute Gasteiger partial charge is 0.276 e. The number of piperidine rings is 1. The molecule has 2 bridgehead atoms. The number of nitrogens with zero attached hydrogens (tertiary/aromatic N) is 2. The van der Waals surface area contributed by atoms with E-state index in [0.717, 1.165) is 36.4 Å². The van der Waals surface area contributed by atoms with Gasteiger partial charge in [0.25, 0.3) is 5.91 Å². The Hall–Kier alpha value is -1.88. The van der Waals surface area contributed by atoms with E-state index >= 15 is 0 Å². The van der Waals surface area contributed by atoms with Gasteiger partial charge >= 0.3 is 0 Å². The third-order valence-corrected chi connectivity index (χ3v) is 5.47. The van der Waals surface area contributed by atoms with Crippen molar-refractivity contribution in [3.05, 3.63) is 41.5 Å². The van der Waals surface area contributed by atoms with E-state index in [9.17, 15) is 4.79 Å². The van der Waals surface area contributed by atoms with Gasteiger partial charge in [0, 0.05) is 17.8 Å². The number of rotatable bonds is 3. The summed E-state index contributed by atoms with van der Waals surface area (Å²) in [6, 6.07) is 10.8. The van der Waals surface area contributed by atoms with Gasteiger partial charge in [0.2, 0.25) is 0 Å². The molecule has 4 rings (SSSR count). The van der Waals surface area contributed by atoms with Gasteiger partial charge in [-0.15, -0.1) is 11.3 Å². The van der Waals surface area contributed by atoms with Crippen LogP contribution < -0.4 is 5.32 Å². The highest BCUT2D eigenvalue weighted by molar-refractivity contribution is 7.14. The molecule has 2 aromatic rings. The fourth-order valence-corrected chi connectivity index (χ4v) is 4.40. The molecule has 0 aliphatic carbocycles. The first-order valence-corrected chi connectivity index (χ1v) is 8.79. The van der Waals surface area contributed by atoms with Crippen LogP contribution in [0.4, 0.5) is 10.7 Å². The maximum atomic E-state index is 13.0. The predicted octanol–water partition coefficient (Wildman–Crippen LogP) is 4.04. The van der Waals surface area contributed by atoms with Crippen molar-refractivity contribution in [2.75, 3.05) is 5.32 Å². The molecule has 22 heavy (non-hydrogen) atoms. The van der Waals surface area contributed by atoms with Crippen molar-refractivity contribution in [1.29, 1.82) is 0 Å². The van der Waals surface area contributed by atoms with Crippen molar-refractivity contribution in [1.82, 2.24) is 9.88 Å². The van der Waals surface area contributed by atoms with E-state index in [2.05, 4.69) is 15.2 Å². The third kappa shape index (κ3) is 2.39. The normalized spacial score (nSPS) is 23.5. The molecule has 2 atom stereocenters. The zero-order valence-electron chi connectivity index (χ0n) is 12.4. The summed E-state index contributed by atoms with van der Waals surface area (Å²) in [6.07, 6.45) is 5.86. The molecule has 5 heteroatoms. The highest BCUT2D eigenvalue weighted by Crippen LogP contribution is 2.37. The van der Waals surface area contributed by atoms with E-state index in [4.69, 9.17) is 0 Å². The Bertz CT molecular complexity index is 654. The number of fused-ring (bicyclic) bond motifs is 2. The van der Waals surface area contributed by atoms with E-state index in [1.54, 1.807) is 5.51 Å². The lowest BCUT2D eigenvalue weighted by Crippen LogP contribution is -2.44. The minimum absolute atomic E-state index is 0.104. The summed E-state index contributed by atoms with van der Waals surface area (Å²) in [4.78, 5) is 19.4. The summed E-state index contributed by atoms with van der Waals surface area (Å²) in [5.74, 6) is 0.104. The molecule has 0 saturated carbocycles. The van der Waals surface area contributed by atoms with Crippen LogP contribution in [0.3, 0.4) is 0 Å². The number of nitrogens with one attached hydrogen (secondary N) is 1. The summed E-state index contributed by atoms with van der Waals surface area (Å²) in [5.41, 5.74) is 3.32. The van der Waals surface area contributed by atoms with Crippen LogP contribution in [0.2, 0.25) is 0 Å². The number of anilines is 2. The van der Waals surface area contributed by atoms with E-state index in [0.29, 0.717) is 17.8 Å². The molecule has 1 aromatic carbocycles. The summed E-state index contributed by atoms with van der Waals surface area (Å²) in [6.45, 7) is 0. The Balaban J connectivity index is 1.58. The number of thiazole rings is 1. The van der Waals surface area contributed by atoms with Crippen LogP contribution in [-0.2, 0) is 0 Å². The molecular formula is C17H19N3OS. The molecule has 2 aliphatic heterocycles. The van der Waals surface area contributed by atoms with Crippen LogP contribution in [0.5, 0.6) is 0 Å². The van der Waals surface area contributed by atoms with Crippen molar-refractivity contribution in [2.24, 2.45) is 0 Å². The Kier molecular flexibility index (Phi) is 3.58. The quantitative estimate of drug-likeness (QED) is 0.930. The molecule has 1 aromatic heterocycles. The van der Waals surface area contributed by atoms with Crippen LogP contribution in [0.25, 0.3) is 0 Å². The molecule has 1 N–H and O–H groups in total. The number of carbonyl (C=O) groups excluding carboxylic acids is 1. The molecule has 2 aliphatic rings. The van der Waals surface area contributed by atoms with Gasteiger partial charge in [-0.1, -0.05) is 18.2 Å². The first kappa shape index (κ1) is 13.8. The summed E-state index contributed by atoms with van der Waals surface area (Å²) in [7, 11) is 0. The number of para-hydroxylation sites is 1. The van der Waals surface area contributed by atoms with Crippen LogP contribution in [0.1, 0.15) is 42.6 Å². The van der Waals surface area contributed by atoms with Crippen LogP contribution >= 0.6 is 11.3 Å². The van der Waals surface area contributed by atoms with Gasteiger partial charge in [0.05, 0.1) is 5.51 Å². The number of amides is 1. The number of hydrogen-bond acceptors (Lipinski definition) is 4. The van der Waals surface area contributed by atoms with Crippen molar-refractivity contribution >= 4 is 27.9 Å². The minimum atomic E-state index is 0.104. The van der Waals surface area contributed by atoms with Crippen molar-refractivity contribution in [2.45, 2.75) is 44.2 Å². The van der Waals surface area contributed by atoms with Crippen LogP contribution in [0.15, 0.2) is 35.8 Å². The molecular weight excluding hydrogens is 294 g/mol. The average Bonchev–Trinajstić information content (AvgIpc) is 3.10. The second-order valence-corrected chi connectivity index (χ2v) is 6.90. The Morgan fingerprint density at radius 1 is 1.14 bits per heavy atom. The maximum absolute atomic E-state index is 13.0. The summed E-state index contributed by atoms with van der Waals surface area (Å²) < 4.78 is 0. The van der Waals surface area contributed by atoms with Gasteiger partial charge in [-0.05, 0) is 44.2 Å². The van der Waals surface area contributed by atoms with Crippen molar-refractivity contribution in [3.8, 4) is 0 Å². The van der Waals surface area contributed by atoms with E-state index in [1.807, 2.05) is 30.3 Å². The number of hydrogen-bond donors (Lipinski definition) is 1. The first-order chi connectivity index (χ1) is 10.8. The average molecular weight is 313 g/mol. The Morgan fingerprint density at radius 3 is 2.59 bits per heavy atom. The SMILES string of the molecule is O=C(c1ncsc1Nc1ccccc1)N1C2CCCC1CC2. The fourth-order valence-electron chi connectivity index (χ4n) is 3.71. The van der Waals surface area contributed by atoms with Gasteiger partial charge in [0.1, 0.15) is 5.00 Å². The molecule has 0 spiro atoms. The Labute approximate surface area is 134 Å². The van der Waals surface area contributed by atoms with Crippen LogP contribution in [-0.4, -0.2) is 27.9 Å². The van der Waals surface area contributed by atoms with E-state index < -0.39 is 0 Å². The number of benzene rings is 1. The maximum Gasteiger partial charge on any atom is 0.276 e. The molecule has 1 amide bonds. The second-order valence-electron chi connectivity index (χ2n) is 6.05. The second kappa shape index (κ2) is 5.72. The predicted molar refractivity (Wildman–Crippen MR) is 88.7 cm³/mol. The summed E-state index contributed by atoms with van der Waals surface area (Å²) >= 11 is 1.49. The lowest BCUT2D eigenvalue weighted by atomic mass is 10.0. The highest BCUT2D eigenvalue weighted by Gasteiger charge is 2.40. The molecule has 2 fully saturated rings. The topological polar surface area (TPSA) is 45.2 Å². The lowest BCUT2D eigenvalue weighted by molar-refractivity contribution is 0.0591. The zero-order valence-corrected chi connectivity index (χ0v) is 13.2. The first-order valence-electron chi connectivity index (χ1n) is 7.91.